The van der Waals surface area contributed by atoms with Crippen molar-refractivity contribution in [3.63, 3.8) is 0 Å². The zero-order valence-electron chi connectivity index (χ0n) is 13.2. The van der Waals surface area contributed by atoms with Gasteiger partial charge in [-0.2, -0.15) is 0 Å². The molecular weight excluding hydrogens is 260 g/mol. The minimum absolute atomic E-state index is 0.130. The van der Waals surface area contributed by atoms with Gasteiger partial charge in [-0.05, 0) is 51.2 Å². The highest BCUT2D eigenvalue weighted by Crippen LogP contribution is 2.16. The zero-order chi connectivity index (χ0) is 15.1. The van der Waals surface area contributed by atoms with Crippen LogP contribution >= 0.6 is 0 Å². The third kappa shape index (κ3) is 5.17. The third-order valence-corrected chi connectivity index (χ3v) is 4.07. The van der Waals surface area contributed by atoms with Gasteiger partial charge in [0.2, 0.25) is 0 Å². The highest BCUT2D eigenvalue weighted by molar-refractivity contribution is 5.36. The molecule has 0 bridgehead atoms. The topological polar surface area (TPSA) is 26.7 Å². The number of likely N-dealkylation sites (tertiary alicyclic amines) is 1. The van der Waals surface area contributed by atoms with Crippen LogP contribution in [-0.4, -0.2) is 54.7 Å². The summed E-state index contributed by atoms with van der Waals surface area (Å²) >= 11 is 0. The van der Waals surface area contributed by atoms with Crippen molar-refractivity contribution in [2.75, 3.05) is 33.8 Å². The van der Waals surface area contributed by atoms with Crippen LogP contribution in [0, 0.1) is 11.8 Å². The molecule has 3 nitrogen and oxygen atoms in total. The zero-order valence-corrected chi connectivity index (χ0v) is 13.2. The van der Waals surface area contributed by atoms with Crippen molar-refractivity contribution in [3.8, 4) is 11.8 Å². The van der Waals surface area contributed by atoms with E-state index in [1.165, 1.54) is 24.9 Å². The molecule has 0 unspecified atom stereocenters. The number of rotatable bonds is 5. The lowest BCUT2D eigenvalue weighted by Gasteiger charge is -2.25. The molecule has 1 aromatic rings. The van der Waals surface area contributed by atoms with Gasteiger partial charge >= 0.3 is 0 Å². The van der Waals surface area contributed by atoms with Gasteiger partial charge in [0.1, 0.15) is 0 Å². The van der Waals surface area contributed by atoms with Crippen LogP contribution in [0.3, 0.4) is 0 Å². The van der Waals surface area contributed by atoms with E-state index in [2.05, 4.69) is 60.0 Å². The molecule has 1 aliphatic rings. The van der Waals surface area contributed by atoms with Crippen molar-refractivity contribution in [2.24, 2.45) is 0 Å². The summed E-state index contributed by atoms with van der Waals surface area (Å²) in [5, 5.41) is 8.71. The molecule has 1 atom stereocenters. The number of hydrogen-bond acceptors (Lipinski definition) is 3. The summed E-state index contributed by atoms with van der Waals surface area (Å²) in [4.78, 5) is 4.87. The molecule has 3 heteroatoms. The molecular formula is C18H26N2O. The van der Waals surface area contributed by atoms with Gasteiger partial charge in [-0.15, -0.1) is 0 Å². The van der Waals surface area contributed by atoms with E-state index in [1.54, 1.807) is 0 Å². The van der Waals surface area contributed by atoms with E-state index in [4.69, 9.17) is 5.11 Å². The number of benzene rings is 1. The monoisotopic (exact) mass is 286 g/mol. The Labute approximate surface area is 128 Å². The lowest BCUT2D eigenvalue weighted by molar-refractivity contribution is 0.215. The standard InChI is InChI=1S/C18H26N2O/c1-19(15-18-7-5-12-20(18)2)14-17-10-8-16(9-11-17)6-3-4-13-21/h8-11,18,21H,4-5,7,12-15H2,1-2H3/t18-/m1/s1. The fourth-order valence-electron chi connectivity index (χ4n) is 2.86. The smallest absolute Gasteiger partial charge is 0.0540 e. The molecule has 1 saturated heterocycles. The Morgan fingerprint density at radius 2 is 2.10 bits per heavy atom. The fraction of sp³-hybridized carbons (Fsp3) is 0.556. The Morgan fingerprint density at radius 1 is 1.33 bits per heavy atom. The Balaban J connectivity index is 1.83. The van der Waals surface area contributed by atoms with E-state index in [-0.39, 0.29) is 6.61 Å². The third-order valence-electron chi connectivity index (χ3n) is 4.07. The first-order chi connectivity index (χ1) is 10.2. The summed E-state index contributed by atoms with van der Waals surface area (Å²) in [5.41, 5.74) is 2.34. The summed E-state index contributed by atoms with van der Waals surface area (Å²) in [5.74, 6) is 6.01. The van der Waals surface area contributed by atoms with Crippen LogP contribution in [0.1, 0.15) is 30.4 Å². The van der Waals surface area contributed by atoms with Crippen molar-refractivity contribution in [1.29, 1.82) is 0 Å². The highest BCUT2D eigenvalue weighted by Gasteiger charge is 2.21. The van der Waals surface area contributed by atoms with Crippen molar-refractivity contribution < 1.29 is 5.11 Å². The number of hydrogen-bond donors (Lipinski definition) is 1. The van der Waals surface area contributed by atoms with Crippen molar-refractivity contribution in [1.82, 2.24) is 9.80 Å². The summed E-state index contributed by atoms with van der Waals surface area (Å²) in [6, 6.07) is 9.14. The Hall–Kier alpha value is -1.34. The van der Waals surface area contributed by atoms with E-state index in [1.807, 2.05) is 0 Å². The van der Waals surface area contributed by atoms with Crippen LogP contribution in [0.25, 0.3) is 0 Å². The van der Waals surface area contributed by atoms with Gasteiger partial charge in [0.25, 0.3) is 0 Å². The average molecular weight is 286 g/mol. The molecule has 21 heavy (non-hydrogen) atoms. The normalized spacial score (nSPS) is 18.8. The molecule has 0 radical (unpaired) electrons. The van der Waals surface area contributed by atoms with E-state index >= 15 is 0 Å². The summed E-state index contributed by atoms with van der Waals surface area (Å²) in [6.07, 6.45) is 3.19. The first-order valence-electron chi connectivity index (χ1n) is 7.76. The first-order valence-corrected chi connectivity index (χ1v) is 7.76. The minimum Gasteiger partial charge on any atom is -0.395 e. The maximum absolute atomic E-state index is 8.71. The average Bonchev–Trinajstić information content (AvgIpc) is 2.86. The first kappa shape index (κ1) is 16.0. The van der Waals surface area contributed by atoms with Crippen LogP contribution in [0.5, 0.6) is 0 Å². The Kier molecular flexibility index (Phi) is 6.25. The van der Waals surface area contributed by atoms with E-state index in [0.29, 0.717) is 12.5 Å². The quantitative estimate of drug-likeness (QED) is 0.838. The van der Waals surface area contributed by atoms with Gasteiger partial charge in [0, 0.05) is 31.1 Å². The van der Waals surface area contributed by atoms with Crippen molar-refractivity contribution >= 4 is 0 Å². The van der Waals surface area contributed by atoms with E-state index in [9.17, 15) is 0 Å². The van der Waals surface area contributed by atoms with Gasteiger partial charge in [-0.1, -0.05) is 24.0 Å². The van der Waals surface area contributed by atoms with Crippen LogP contribution < -0.4 is 0 Å². The SMILES string of the molecule is CN(Cc1ccc(C#CCCO)cc1)C[C@H]1CCCN1C. The van der Waals surface area contributed by atoms with Gasteiger partial charge in [0.15, 0.2) is 0 Å². The van der Waals surface area contributed by atoms with Crippen LogP contribution in [-0.2, 0) is 6.54 Å². The molecule has 0 spiro atoms. The number of nitrogens with zero attached hydrogens (tertiary/aromatic N) is 2. The van der Waals surface area contributed by atoms with Gasteiger partial charge in [-0.3, -0.25) is 0 Å². The number of likely N-dealkylation sites (N-methyl/N-ethyl adjacent to an activating group) is 2. The molecule has 0 aromatic heterocycles. The molecule has 1 aromatic carbocycles. The van der Waals surface area contributed by atoms with E-state index in [0.717, 1.165) is 18.7 Å². The Bertz CT molecular complexity index is 486. The lowest BCUT2D eigenvalue weighted by Crippen LogP contribution is -2.36. The van der Waals surface area contributed by atoms with Crippen LogP contribution in [0.4, 0.5) is 0 Å². The molecule has 1 N–H and O–H groups in total. The predicted octanol–water partition coefficient (Wildman–Crippen LogP) is 1.95. The second kappa shape index (κ2) is 8.19. The molecule has 0 aliphatic carbocycles. The predicted molar refractivity (Wildman–Crippen MR) is 87.0 cm³/mol. The second-order valence-corrected chi connectivity index (χ2v) is 5.95. The van der Waals surface area contributed by atoms with Crippen molar-refractivity contribution in [3.05, 3.63) is 35.4 Å². The molecule has 2 rings (SSSR count). The summed E-state index contributed by atoms with van der Waals surface area (Å²) < 4.78 is 0. The number of aliphatic hydroxyl groups is 1. The summed E-state index contributed by atoms with van der Waals surface area (Å²) in [6.45, 7) is 3.48. The molecule has 0 amide bonds. The molecule has 114 valence electrons. The largest absolute Gasteiger partial charge is 0.395 e. The van der Waals surface area contributed by atoms with Crippen LogP contribution in [0.15, 0.2) is 24.3 Å². The number of aliphatic hydroxyl groups excluding tert-OH is 1. The molecule has 0 saturated carbocycles. The molecule has 1 fully saturated rings. The fourth-order valence-corrected chi connectivity index (χ4v) is 2.86. The van der Waals surface area contributed by atoms with Gasteiger partial charge in [0.05, 0.1) is 6.61 Å². The van der Waals surface area contributed by atoms with Crippen LogP contribution in [0.2, 0.25) is 0 Å². The van der Waals surface area contributed by atoms with E-state index < -0.39 is 0 Å². The minimum atomic E-state index is 0.130. The molecule has 1 aliphatic heterocycles. The highest BCUT2D eigenvalue weighted by atomic mass is 16.2. The maximum atomic E-state index is 8.71. The second-order valence-electron chi connectivity index (χ2n) is 5.95. The van der Waals surface area contributed by atoms with Crippen molar-refractivity contribution in [2.45, 2.75) is 31.8 Å². The summed E-state index contributed by atoms with van der Waals surface area (Å²) in [7, 11) is 4.42. The molecule has 1 heterocycles. The maximum Gasteiger partial charge on any atom is 0.0540 e. The lowest BCUT2D eigenvalue weighted by atomic mass is 10.1. The van der Waals surface area contributed by atoms with Gasteiger partial charge in [-0.25, -0.2) is 0 Å². The van der Waals surface area contributed by atoms with Gasteiger partial charge < -0.3 is 14.9 Å². The Morgan fingerprint density at radius 3 is 2.71 bits per heavy atom.